The van der Waals surface area contributed by atoms with Crippen molar-refractivity contribution in [1.82, 2.24) is 5.32 Å². The maximum absolute atomic E-state index is 12.0. The Morgan fingerprint density at radius 3 is 2.89 bits per heavy atom. The van der Waals surface area contributed by atoms with Crippen molar-refractivity contribution >= 4 is 39.1 Å². The first-order chi connectivity index (χ1) is 8.47. The Balaban J connectivity index is 2.14. The minimum atomic E-state index is -0.323. The van der Waals surface area contributed by atoms with Gasteiger partial charge >= 0.3 is 0 Å². The first kappa shape index (κ1) is 12.9. The zero-order valence-corrected chi connectivity index (χ0v) is 11.5. The van der Waals surface area contributed by atoms with Crippen LogP contribution < -0.4 is 16.4 Å². The van der Waals surface area contributed by atoms with E-state index in [0.717, 1.165) is 10.0 Å². The molecule has 1 fully saturated rings. The molecule has 96 valence electrons. The summed E-state index contributed by atoms with van der Waals surface area (Å²) in [5.41, 5.74) is 7.92. The van der Waals surface area contributed by atoms with Crippen molar-refractivity contribution in [2.45, 2.75) is 13.3 Å². The van der Waals surface area contributed by atoms with Gasteiger partial charge in [0, 0.05) is 17.4 Å². The molecule has 2 rings (SSSR count). The van der Waals surface area contributed by atoms with Crippen LogP contribution in [0.5, 0.6) is 0 Å². The lowest BCUT2D eigenvalue weighted by molar-refractivity contribution is -0.123. The Labute approximate surface area is 113 Å². The average Bonchev–Trinajstić information content (AvgIpc) is 2.72. The summed E-state index contributed by atoms with van der Waals surface area (Å²) in [4.78, 5) is 23.0. The maximum Gasteiger partial charge on any atom is 0.229 e. The van der Waals surface area contributed by atoms with Gasteiger partial charge in [-0.3, -0.25) is 9.59 Å². The van der Waals surface area contributed by atoms with Crippen LogP contribution in [0.4, 0.5) is 11.4 Å². The number of nitrogen functional groups attached to an aromatic ring is 1. The Morgan fingerprint density at radius 1 is 1.56 bits per heavy atom. The molecule has 1 aliphatic rings. The molecule has 0 aliphatic carbocycles. The summed E-state index contributed by atoms with van der Waals surface area (Å²) in [5, 5.41) is 5.40. The van der Waals surface area contributed by atoms with Crippen LogP contribution in [0.3, 0.4) is 0 Å². The summed E-state index contributed by atoms with van der Waals surface area (Å²) in [6.07, 6.45) is 0.235. The van der Waals surface area contributed by atoms with Gasteiger partial charge in [-0.05, 0) is 24.6 Å². The highest BCUT2D eigenvalue weighted by Crippen LogP contribution is 2.28. The van der Waals surface area contributed by atoms with E-state index in [1.54, 1.807) is 6.07 Å². The monoisotopic (exact) mass is 311 g/mol. The molecule has 1 saturated heterocycles. The molecule has 1 aromatic rings. The summed E-state index contributed by atoms with van der Waals surface area (Å²) in [6, 6.07) is 3.63. The van der Waals surface area contributed by atoms with E-state index >= 15 is 0 Å². The number of carbonyl (C=O) groups excluding carboxylic acids is 2. The number of halogens is 1. The first-order valence-corrected chi connectivity index (χ1v) is 6.40. The van der Waals surface area contributed by atoms with E-state index in [0.29, 0.717) is 17.9 Å². The molecule has 0 radical (unpaired) electrons. The average molecular weight is 312 g/mol. The first-order valence-electron chi connectivity index (χ1n) is 5.60. The van der Waals surface area contributed by atoms with Gasteiger partial charge in [-0.15, -0.1) is 0 Å². The quantitative estimate of drug-likeness (QED) is 0.722. The highest BCUT2D eigenvalue weighted by Gasteiger charge is 2.28. The van der Waals surface area contributed by atoms with Crippen molar-refractivity contribution in [3.05, 3.63) is 22.2 Å². The molecule has 0 spiro atoms. The standard InChI is InChI=1S/C12H14BrN3O2/c1-6-2-8(13)4-9(11(6)14)16-12(18)7-3-10(17)15-5-7/h2,4,7H,3,5,14H2,1H3,(H,15,17)(H,16,18). The zero-order chi connectivity index (χ0) is 13.3. The van der Waals surface area contributed by atoms with Gasteiger partial charge in [0.05, 0.1) is 17.3 Å². The lowest BCUT2D eigenvalue weighted by Gasteiger charge is -2.13. The molecule has 0 saturated carbocycles. The van der Waals surface area contributed by atoms with Gasteiger partial charge in [-0.25, -0.2) is 0 Å². The van der Waals surface area contributed by atoms with E-state index in [9.17, 15) is 9.59 Å². The Bertz CT molecular complexity index is 516. The number of rotatable bonds is 2. The van der Waals surface area contributed by atoms with Crippen LogP contribution in [0.1, 0.15) is 12.0 Å². The van der Waals surface area contributed by atoms with Crippen LogP contribution in [-0.4, -0.2) is 18.4 Å². The van der Waals surface area contributed by atoms with Crippen molar-refractivity contribution in [2.75, 3.05) is 17.6 Å². The normalized spacial score (nSPS) is 18.6. The molecule has 1 unspecified atom stereocenters. The van der Waals surface area contributed by atoms with Gasteiger partial charge in [-0.1, -0.05) is 15.9 Å². The second-order valence-corrected chi connectivity index (χ2v) is 5.29. The predicted octanol–water partition coefficient (Wildman–Crippen LogP) is 1.41. The molecular formula is C12H14BrN3O2. The van der Waals surface area contributed by atoms with E-state index in [4.69, 9.17) is 5.73 Å². The molecule has 6 heteroatoms. The van der Waals surface area contributed by atoms with E-state index in [-0.39, 0.29) is 24.2 Å². The van der Waals surface area contributed by atoms with Crippen molar-refractivity contribution in [3.8, 4) is 0 Å². The van der Waals surface area contributed by atoms with Crippen LogP contribution in [0.25, 0.3) is 0 Å². The second kappa shape index (κ2) is 4.97. The molecule has 1 heterocycles. The predicted molar refractivity (Wildman–Crippen MR) is 73.0 cm³/mol. The van der Waals surface area contributed by atoms with Crippen LogP contribution in [0.15, 0.2) is 16.6 Å². The van der Waals surface area contributed by atoms with E-state index in [1.165, 1.54) is 0 Å². The van der Waals surface area contributed by atoms with Gasteiger partial charge < -0.3 is 16.4 Å². The van der Waals surface area contributed by atoms with Crippen LogP contribution >= 0.6 is 15.9 Å². The zero-order valence-electron chi connectivity index (χ0n) is 9.92. The second-order valence-electron chi connectivity index (χ2n) is 4.38. The third-order valence-corrected chi connectivity index (χ3v) is 3.42. The molecule has 4 N–H and O–H groups in total. The minimum absolute atomic E-state index is 0.0893. The number of hydrogen-bond donors (Lipinski definition) is 3. The lowest BCUT2D eigenvalue weighted by Crippen LogP contribution is -2.25. The molecule has 5 nitrogen and oxygen atoms in total. The lowest BCUT2D eigenvalue weighted by atomic mass is 10.1. The smallest absolute Gasteiger partial charge is 0.229 e. The van der Waals surface area contributed by atoms with Crippen LogP contribution in [-0.2, 0) is 9.59 Å². The molecule has 1 atom stereocenters. The topological polar surface area (TPSA) is 84.2 Å². The molecule has 0 bridgehead atoms. The van der Waals surface area contributed by atoms with Crippen LogP contribution in [0, 0.1) is 12.8 Å². The summed E-state index contributed by atoms with van der Waals surface area (Å²) in [6.45, 7) is 2.26. The summed E-state index contributed by atoms with van der Waals surface area (Å²) >= 11 is 3.36. The van der Waals surface area contributed by atoms with Gasteiger partial charge in [-0.2, -0.15) is 0 Å². The fourth-order valence-corrected chi connectivity index (χ4v) is 2.46. The fraction of sp³-hybridized carbons (Fsp3) is 0.333. The number of nitrogens with two attached hydrogens (primary N) is 1. The van der Waals surface area contributed by atoms with Gasteiger partial charge in [0.15, 0.2) is 0 Å². The fourth-order valence-electron chi connectivity index (χ4n) is 1.88. The largest absolute Gasteiger partial charge is 0.397 e. The summed E-state index contributed by atoms with van der Waals surface area (Å²) in [5.74, 6) is -0.595. The number of anilines is 2. The summed E-state index contributed by atoms with van der Waals surface area (Å²) < 4.78 is 0.852. The Kier molecular flexibility index (Phi) is 3.56. The minimum Gasteiger partial charge on any atom is -0.397 e. The van der Waals surface area contributed by atoms with Crippen molar-refractivity contribution in [1.29, 1.82) is 0 Å². The third-order valence-electron chi connectivity index (χ3n) is 2.96. The third kappa shape index (κ3) is 2.64. The van der Waals surface area contributed by atoms with Gasteiger partial charge in [0.25, 0.3) is 0 Å². The molecule has 1 aromatic carbocycles. The highest BCUT2D eigenvalue weighted by atomic mass is 79.9. The van der Waals surface area contributed by atoms with Crippen LogP contribution in [0.2, 0.25) is 0 Å². The Morgan fingerprint density at radius 2 is 2.28 bits per heavy atom. The van der Waals surface area contributed by atoms with E-state index in [1.807, 2.05) is 13.0 Å². The van der Waals surface area contributed by atoms with E-state index < -0.39 is 0 Å². The molecule has 1 aliphatic heterocycles. The van der Waals surface area contributed by atoms with Gasteiger partial charge in [0.1, 0.15) is 0 Å². The van der Waals surface area contributed by atoms with Crippen molar-refractivity contribution < 1.29 is 9.59 Å². The number of carbonyl (C=O) groups is 2. The molecule has 0 aromatic heterocycles. The molecular weight excluding hydrogens is 298 g/mol. The molecule has 2 amide bonds. The van der Waals surface area contributed by atoms with Crippen molar-refractivity contribution in [3.63, 3.8) is 0 Å². The number of nitrogens with one attached hydrogen (secondary N) is 2. The SMILES string of the molecule is Cc1cc(Br)cc(NC(=O)C2CNC(=O)C2)c1N. The number of aryl methyl sites for hydroxylation is 1. The van der Waals surface area contributed by atoms with Crippen molar-refractivity contribution in [2.24, 2.45) is 5.92 Å². The van der Waals surface area contributed by atoms with E-state index in [2.05, 4.69) is 26.6 Å². The summed E-state index contributed by atoms with van der Waals surface area (Å²) in [7, 11) is 0. The number of benzene rings is 1. The molecule has 18 heavy (non-hydrogen) atoms. The number of hydrogen-bond acceptors (Lipinski definition) is 3. The maximum atomic E-state index is 12.0. The van der Waals surface area contributed by atoms with Gasteiger partial charge in [0.2, 0.25) is 11.8 Å². The number of amides is 2. The Hall–Kier alpha value is -1.56. The highest BCUT2D eigenvalue weighted by molar-refractivity contribution is 9.10.